The molecule has 0 aromatic heterocycles. The summed E-state index contributed by atoms with van der Waals surface area (Å²) in [6.07, 6.45) is 4.20. The maximum atomic E-state index is 12.9. The number of hydrogen-bond donors (Lipinski definition) is 1. The number of esters is 1. The van der Waals surface area contributed by atoms with Crippen molar-refractivity contribution in [1.29, 1.82) is 0 Å². The van der Waals surface area contributed by atoms with E-state index in [4.69, 9.17) is 16.3 Å². The Kier molecular flexibility index (Phi) is 6.28. The minimum atomic E-state index is -0.977. The molecule has 2 aromatic rings. The van der Waals surface area contributed by atoms with Gasteiger partial charge < -0.3 is 10.1 Å². The minimum Gasteiger partial charge on any atom is -0.449 e. The summed E-state index contributed by atoms with van der Waals surface area (Å²) in [6, 6.07) is 10.8. The first-order valence-corrected chi connectivity index (χ1v) is 11.0. The Hall–Kier alpha value is -3.19. The maximum Gasteiger partial charge on any atom is 0.338 e. The van der Waals surface area contributed by atoms with Gasteiger partial charge in [0.1, 0.15) is 0 Å². The fourth-order valence-corrected chi connectivity index (χ4v) is 4.29. The van der Waals surface area contributed by atoms with Gasteiger partial charge in [0, 0.05) is 6.04 Å². The molecule has 0 unspecified atom stereocenters. The molecule has 32 heavy (non-hydrogen) atoms. The van der Waals surface area contributed by atoms with E-state index in [9.17, 15) is 19.2 Å². The van der Waals surface area contributed by atoms with E-state index in [1.807, 2.05) is 0 Å². The fraction of sp³-hybridized carbons (Fsp3) is 0.333. The third kappa shape index (κ3) is 4.25. The van der Waals surface area contributed by atoms with Crippen LogP contribution in [0.3, 0.4) is 0 Å². The van der Waals surface area contributed by atoms with Crippen LogP contribution >= 0.6 is 11.6 Å². The molecule has 4 rings (SSSR count). The van der Waals surface area contributed by atoms with Crippen molar-refractivity contribution in [2.24, 2.45) is 0 Å². The number of halogens is 1. The predicted octanol–water partition coefficient (Wildman–Crippen LogP) is 4.13. The zero-order valence-electron chi connectivity index (χ0n) is 17.6. The number of nitrogens with zero attached hydrogens (tertiary/aromatic N) is 1. The monoisotopic (exact) mass is 454 g/mol. The summed E-state index contributed by atoms with van der Waals surface area (Å²) < 4.78 is 5.31. The van der Waals surface area contributed by atoms with Gasteiger partial charge >= 0.3 is 5.97 Å². The topological polar surface area (TPSA) is 92.8 Å². The van der Waals surface area contributed by atoms with E-state index in [-0.39, 0.29) is 39.3 Å². The van der Waals surface area contributed by atoms with E-state index in [1.165, 1.54) is 31.5 Å². The Balaban J connectivity index is 1.47. The molecule has 166 valence electrons. The van der Waals surface area contributed by atoms with Crippen LogP contribution < -0.4 is 10.2 Å². The lowest BCUT2D eigenvalue weighted by atomic mass is 9.95. The van der Waals surface area contributed by atoms with Crippen LogP contribution in [0.15, 0.2) is 42.5 Å². The van der Waals surface area contributed by atoms with Gasteiger partial charge in [0.25, 0.3) is 17.7 Å². The Morgan fingerprint density at radius 2 is 1.72 bits per heavy atom. The number of nitrogens with one attached hydrogen (secondary N) is 1. The molecule has 2 aliphatic rings. The molecule has 0 spiro atoms. The highest BCUT2D eigenvalue weighted by Crippen LogP contribution is 2.33. The van der Waals surface area contributed by atoms with Crippen molar-refractivity contribution in [3.05, 3.63) is 64.2 Å². The van der Waals surface area contributed by atoms with Gasteiger partial charge in [0.15, 0.2) is 6.10 Å². The summed E-state index contributed by atoms with van der Waals surface area (Å²) >= 11 is 6.16. The van der Waals surface area contributed by atoms with Crippen LogP contribution in [0.25, 0.3) is 0 Å². The van der Waals surface area contributed by atoms with Gasteiger partial charge in [-0.2, -0.15) is 0 Å². The van der Waals surface area contributed by atoms with Crippen LogP contribution in [0.4, 0.5) is 5.69 Å². The summed E-state index contributed by atoms with van der Waals surface area (Å²) in [4.78, 5) is 51.7. The standard InChI is InChI=1S/C24H23ClN2O5/c1-14(21(28)26-16-7-3-2-4-8-16)32-24(31)15-11-12-17-18(13-15)23(30)27(22(17)29)20-10-6-5-9-19(20)25/h5-6,9-14,16H,2-4,7-8H2,1H3,(H,26,28)/t14-/m1/s1. The van der Waals surface area contributed by atoms with Gasteiger partial charge in [0.2, 0.25) is 0 Å². The summed E-state index contributed by atoms with van der Waals surface area (Å²) in [6.45, 7) is 1.51. The van der Waals surface area contributed by atoms with E-state index in [1.54, 1.807) is 24.3 Å². The minimum absolute atomic E-state index is 0.0863. The first-order valence-electron chi connectivity index (χ1n) is 10.7. The normalized spacial score (nSPS) is 17.1. The molecule has 1 fully saturated rings. The lowest BCUT2D eigenvalue weighted by Gasteiger charge is -2.24. The van der Waals surface area contributed by atoms with Crippen LogP contribution in [0.2, 0.25) is 5.02 Å². The van der Waals surface area contributed by atoms with Crippen molar-refractivity contribution in [2.75, 3.05) is 4.90 Å². The first kappa shape index (κ1) is 22.0. The van der Waals surface area contributed by atoms with Crippen LogP contribution in [-0.2, 0) is 9.53 Å². The van der Waals surface area contributed by atoms with E-state index >= 15 is 0 Å². The predicted molar refractivity (Wildman–Crippen MR) is 119 cm³/mol. The number of hydrogen-bond acceptors (Lipinski definition) is 5. The highest BCUT2D eigenvalue weighted by Gasteiger charge is 2.38. The number of carbonyl (C=O) groups is 4. The molecule has 1 saturated carbocycles. The second-order valence-corrected chi connectivity index (χ2v) is 8.46. The van der Waals surface area contributed by atoms with Crippen molar-refractivity contribution in [1.82, 2.24) is 5.32 Å². The van der Waals surface area contributed by atoms with Gasteiger partial charge in [-0.25, -0.2) is 9.69 Å². The van der Waals surface area contributed by atoms with Crippen LogP contribution in [0.1, 0.15) is 70.1 Å². The highest BCUT2D eigenvalue weighted by atomic mass is 35.5. The summed E-state index contributed by atoms with van der Waals surface area (Å²) in [7, 11) is 0. The molecular weight excluding hydrogens is 432 g/mol. The van der Waals surface area contributed by atoms with Gasteiger partial charge in [0.05, 0.1) is 27.4 Å². The number of rotatable bonds is 5. The summed E-state index contributed by atoms with van der Waals surface area (Å²) in [5, 5.41) is 3.19. The maximum absolute atomic E-state index is 12.9. The van der Waals surface area contributed by atoms with Gasteiger partial charge in [-0.3, -0.25) is 14.4 Å². The highest BCUT2D eigenvalue weighted by molar-refractivity contribution is 6.39. The average Bonchev–Trinajstić information content (AvgIpc) is 3.04. The largest absolute Gasteiger partial charge is 0.449 e. The van der Waals surface area contributed by atoms with Crippen molar-refractivity contribution in [3.8, 4) is 0 Å². The lowest BCUT2D eigenvalue weighted by molar-refractivity contribution is -0.130. The Morgan fingerprint density at radius 3 is 2.44 bits per heavy atom. The number of amides is 3. The molecule has 1 aliphatic carbocycles. The van der Waals surface area contributed by atoms with Crippen molar-refractivity contribution < 1.29 is 23.9 Å². The average molecular weight is 455 g/mol. The number of anilines is 1. The molecule has 7 nitrogen and oxygen atoms in total. The van der Waals surface area contributed by atoms with Crippen molar-refractivity contribution in [3.63, 3.8) is 0 Å². The fourth-order valence-electron chi connectivity index (χ4n) is 4.07. The molecule has 0 bridgehead atoms. The zero-order chi connectivity index (χ0) is 22.8. The van der Waals surface area contributed by atoms with Crippen molar-refractivity contribution in [2.45, 2.75) is 51.2 Å². The Bertz CT molecular complexity index is 1090. The molecule has 3 amide bonds. The molecule has 1 heterocycles. The van der Waals surface area contributed by atoms with Gasteiger partial charge in [-0.05, 0) is 50.1 Å². The Morgan fingerprint density at radius 1 is 1.03 bits per heavy atom. The quantitative estimate of drug-likeness (QED) is 0.541. The number of fused-ring (bicyclic) bond motifs is 1. The lowest BCUT2D eigenvalue weighted by Crippen LogP contribution is -2.42. The van der Waals surface area contributed by atoms with E-state index in [2.05, 4.69) is 5.32 Å². The van der Waals surface area contributed by atoms with E-state index in [0.29, 0.717) is 0 Å². The second kappa shape index (κ2) is 9.12. The summed E-state index contributed by atoms with van der Waals surface area (Å²) in [5.41, 5.74) is 0.624. The van der Waals surface area contributed by atoms with Crippen LogP contribution in [-0.4, -0.2) is 35.8 Å². The molecule has 2 aromatic carbocycles. The smallest absolute Gasteiger partial charge is 0.338 e. The number of para-hydroxylation sites is 1. The van der Waals surface area contributed by atoms with Gasteiger partial charge in [-0.1, -0.05) is 43.0 Å². The molecule has 8 heteroatoms. The number of ether oxygens (including phenoxy) is 1. The number of carbonyl (C=O) groups excluding carboxylic acids is 4. The number of benzene rings is 2. The second-order valence-electron chi connectivity index (χ2n) is 8.05. The first-order chi connectivity index (χ1) is 15.4. The molecule has 0 radical (unpaired) electrons. The molecule has 1 aliphatic heterocycles. The SMILES string of the molecule is C[C@@H](OC(=O)c1ccc2c(c1)C(=O)N(c1ccccc1Cl)C2=O)C(=O)NC1CCCCC1. The van der Waals surface area contributed by atoms with Gasteiger partial charge in [-0.15, -0.1) is 0 Å². The van der Waals surface area contributed by atoms with Crippen LogP contribution in [0.5, 0.6) is 0 Å². The van der Waals surface area contributed by atoms with E-state index in [0.717, 1.165) is 30.6 Å². The van der Waals surface area contributed by atoms with E-state index < -0.39 is 23.9 Å². The molecule has 0 saturated heterocycles. The Labute approximate surface area is 190 Å². The molecular formula is C24H23ClN2O5. The molecule has 1 atom stereocenters. The van der Waals surface area contributed by atoms with Crippen molar-refractivity contribution >= 4 is 41.0 Å². The zero-order valence-corrected chi connectivity index (χ0v) is 18.4. The third-order valence-corrected chi connectivity index (χ3v) is 6.14. The summed E-state index contributed by atoms with van der Waals surface area (Å²) in [5.74, 6) is -2.17. The van der Waals surface area contributed by atoms with Crippen LogP contribution in [0, 0.1) is 0 Å². The number of imide groups is 1. The molecule has 1 N–H and O–H groups in total. The third-order valence-electron chi connectivity index (χ3n) is 5.82.